The van der Waals surface area contributed by atoms with Gasteiger partial charge < -0.3 is 13.6 Å². The molecule has 4 aromatic heterocycles. The predicted molar refractivity (Wildman–Crippen MR) is 258 cm³/mol. The van der Waals surface area contributed by atoms with Gasteiger partial charge in [-0.15, -0.1) is 0 Å². The van der Waals surface area contributed by atoms with E-state index in [-0.39, 0.29) is 0 Å². The quantitative estimate of drug-likeness (QED) is 0.168. The van der Waals surface area contributed by atoms with E-state index < -0.39 is 0 Å². The van der Waals surface area contributed by atoms with Crippen molar-refractivity contribution in [1.29, 1.82) is 0 Å². The Kier molecular flexibility index (Phi) is 7.80. The first kappa shape index (κ1) is 35.2. The molecule has 0 atom stereocenters. The van der Waals surface area contributed by atoms with Gasteiger partial charge in [-0.05, 0) is 54.1 Å². The van der Waals surface area contributed by atoms with Crippen molar-refractivity contribution in [1.82, 2.24) is 24.1 Å². The molecule has 0 aliphatic carbocycles. The Balaban J connectivity index is 1.04. The molecular weight excluding hydrogens is 771 g/mol. The van der Waals surface area contributed by atoms with Crippen molar-refractivity contribution in [2.75, 3.05) is 0 Å². The molecule has 0 amide bonds. The van der Waals surface area contributed by atoms with Crippen molar-refractivity contribution < 1.29 is 4.42 Å². The minimum absolute atomic E-state index is 0.559. The Bertz CT molecular complexity index is 3830. The summed E-state index contributed by atoms with van der Waals surface area (Å²) < 4.78 is 11.9. The Morgan fingerprint density at radius 1 is 0.302 bits per heavy atom. The van der Waals surface area contributed by atoms with Crippen molar-refractivity contribution in [3.05, 3.63) is 212 Å². The lowest BCUT2D eigenvalue weighted by Gasteiger charge is -2.12. The highest BCUT2D eigenvalue weighted by Crippen LogP contribution is 2.44. The molecule has 0 aliphatic rings. The summed E-state index contributed by atoms with van der Waals surface area (Å²) in [5.74, 6) is 1.78. The third-order valence-electron chi connectivity index (χ3n) is 12.4. The average Bonchev–Trinajstić information content (AvgIpc) is 4.03. The molecule has 6 nitrogen and oxygen atoms in total. The molecular formula is C57H35N5O. The van der Waals surface area contributed by atoms with E-state index in [4.69, 9.17) is 19.4 Å². The van der Waals surface area contributed by atoms with Crippen molar-refractivity contribution >= 4 is 65.6 Å². The van der Waals surface area contributed by atoms with Crippen LogP contribution >= 0.6 is 0 Å². The SMILES string of the molecule is c1ccc(-c2nc(-c3ccccc3)nc(-c3cccc4c3oc3c(-c5ccc6c(c5)c5ccc7c8ccccc8n(-c8ccccc8)c7c5n6-c5ccccc5)cccc34)n2)cc1. The smallest absolute Gasteiger partial charge is 0.167 e. The van der Waals surface area contributed by atoms with Gasteiger partial charge in [-0.2, -0.15) is 0 Å². The van der Waals surface area contributed by atoms with Crippen LogP contribution in [-0.2, 0) is 0 Å². The highest BCUT2D eigenvalue weighted by atomic mass is 16.3. The van der Waals surface area contributed by atoms with Crippen LogP contribution < -0.4 is 0 Å². The molecule has 63 heavy (non-hydrogen) atoms. The second-order valence-corrected chi connectivity index (χ2v) is 16.0. The molecule has 0 saturated carbocycles. The zero-order valence-corrected chi connectivity index (χ0v) is 33.9. The standard InChI is InChI=1S/C57H35N5O/c1-5-17-36(18-6-1)55-58-56(37-19-7-2-8-20-37)60-57(59-55)47-29-16-28-46-45-27-15-26-41(53(45)63-54(46)47)38-31-34-50-48(35-38)44-33-32-43-42-25-13-14-30-49(42)61(39-21-9-3-10-22-39)51(43)52(44)62(50)40-23-11-4-12-24-40/h1-35H. The van der Waals surface area contributed by atoms with Crippen LogP contribution in [0.25, 0.3) is 122 Å². The summed E-state index contributed by atoms with van der Waals surface area (Å²) in [7, 11) is 0. The number of aromatic nitrogens is 5. The van der Waals surface area contributed by atoms with E-state index in [1.807, 2.05) is 66.7 Å². The number of rotatable bonds is 6. The fourth-order valence-electron chi connectivity index (χ4n) is 9.56. The van der Waals surface area contributed by atoms with Gasteiger partial charge in [0.05, 0.1) is 27.6 Å². The van der Waals surface area contributed by atoms with E-state index in [9.17, 15) is 0 Å². The maximum absolute atomic E-state index is 7.04. The highest BCUT2D eigenvalue weighted by Gasteiger charge is 2.23. The van der Waals surface area contributed by atoms with Gasteiger partial charge in [0.15, 0.2) is 17.5 Å². The van der Waals surface area contributed by atoms with Crippen molar-refractivity contribution in [2.45, 2.75) is 0 Å². The number of benzene rings is 9. The summed E-state index contributed by atoms with van der Waals surface area (Å²) in [5.41, 5.74) is 13.2. The van der Waals surface area contributed by atoms with Gasteiger partial charge >= 0.3 is 0 Å². The average molecular weight is 806 g/mol. The second kappa shape index (κ2) is 14.0. The Hall–Kier alpha value is -8.61. The Morgan fingerprint density at radius 2 is 0.762 bits per heavy atom. The molecule has 13 aromatic rings. The lowest BCUT2D eigenvalue weighted by Crippen LogP contribution is -2.00. The first-order chi connectivity index (χ1) is 31.3. The number of nitrogens with zero attached hydrogens (tertiary/aromatic N) is 5. The van der Waals surface area contributed by atoms with E-state index in [1.165, 1.54) is 38.1 Å². The minimum atomic E-state index is 0.559. The van der Waals surface area contributed by atoms with Crippen LogP contribution in [0.3, 0.4) is 0 Å². The van der Waals surface area contributed by atoms with Gasteiger partial charge in [0.1, 0.15) is 11.2 Å². The number of para-hydroxylation sites is 5. The van der Waals surface area contributed by atoms with Crippen LogP contribution in [-0.4, -0.2) is 24.1 Å². The number of hydrogen-bond acceptors (Lipinski definition) is 4. The summed E-state index contributed by atoms with van der Waals surface area (Å²) in [4.78, 5) is 15.1. The van der Waals surface area contributed by atoms with Crippen molar-refractivity contribution in [3.8, 4) is 56.7 Å². The minimum Gasteiger partial charge on any atom is -0.455 e. The van der Waals surface area contributed by atoms with Crippen LogP contribution in [0.15, 0.2) is 217 Å². The van der Waals surface area contributed by atoms with E-state index in [1.54, 1.807) is 0 Å². The van der Waals surface area contributed by atoms with Crippen LogP contribution in [0.4, 0.5) is 0 Å². The fraction of sp³-hybridized carbons (Fsp3) is 0. The molecule has 0 unspecified atom stereocenters. The number of fused-ring (bicyclic) bond motifs is 10. The topological polar surface area (TPSA) is 61.7 Å². The van der Waals surface area contributed by atoms with Gasteiger partial charge in [-0.25, -0.2) is 15.0 Å². The highest BCUT2D eigenvalue weighted by molar-refractivity contribution is 6.24. The van der Waals surface area contributed by atoms with Gasteiger partial charge in [0.25, 0.3) is 0 Å². The monoisotopic (exact) mass is 805 g/mol. The van der Waals surface area contributed by atoms with Crippen molar-refractivity contribution in [2.24, 2.45) is 0 Å². The first-order valence-corrected chi connectivity index (χ1v) is 21.2. The van der Waals surface area contributed by atoms with E-state index in [0.717, 1.165) is 66.6 Å². The zero-order valence-electron chi connectivity index (χ0n) is 33.9. The van der Waals surface area contributed by atoms with Gasteiger partial charge in [-0.3, -0.25) is 0 Å². The molecule has 13 rings (SSSR count). The molecule has 0 radical (unpaired) electrons. The lowest BCUT2D eigenvalue weighted by atomic mass is 9.99. The first-order valence-electron chi connectivity index (χ1n) is 21.2. The van der Waals surface area contributed by atoms with Crippen LogP contribution in [0, 0.1) is 0 Å². The molecule has 0 fully saturated rings. The fourth-order valence-corrected chi connectivity index (χ4v) is 9.56. The number of furan rings is 1. The van der Waals surface area contributed by atoms with Gasteiger partial charge in [0, 0.05) is 60.4 Å². The molecule has 0 saturated heterocycles. The predicted octanol–water partition coefficient (Wildman–Crippen LogP) is 14.6. The van der Waals surface area contributed by atoms with Crippen LogP contribution in [0.1, 0.15) is 0 Å². The van der Waals surface area contributed by atoms with Crippen LogP contribution in [0.2, 0.25) is 0 Å². The van der Waals surface area contributed by atoms with E-state index in [0.29, 0.717) is 17.5 Å². The maximum Gasteiger partial charge on any atom is 0.167 e. The third kappa shape index (κ3) is 5.48. The summed E-state index contributed by atoms with van der Waals surface area (Å²) in [6.07, 6.45) is 0. The van der Waals surface area contributed by atoms with E-state index >= 15 is 0 Å². The number of hydrogen-bond donors (Lipinski definition) is 0. The Morgan fingerprint density at radius 3 is 1.37 bits per heavy atom. The third-order valence-corrected chi connectivity index (χ3v) is 12.4. The normalized spacial score (nSPS) is 11.8. The molecule has 9 aromatic carbocycles. The van der Waals surface area contributed by atoms with Gasteiger partial charge in [-0.1, -0.05) is 164 Å². The van der Waals surface area contributed by atoms with Crippen LogP contribution in [0.5, 0.6) is 0 Å². The molecule has 0 aliphatic heterocycles. The lowest BCUT2D eigenvalue weighted by molar-refractivity contribution is 0.670. The van der Waals surface area contributed by atoms with Crippen molar-refractivity contribution in [3.63, 3.8) is 0 Å². The summed E-state index contributed by atoms with van der Waals surface area (Å²) in [6, 6.07) is 74.4. The molecule has 0 N–H and O–H groups in total. The zero-order chi connectivity index (χ0) is 41.4. The molecule has 294 valence electrons. The molecule has 6 heteroatoms. The maximum atomic E-state index is 7.04. The van der Waals surface area contributed by atoms with E-state index in [2.05, 4.69) is 155 Å². The largest absolute Gasteiger partial charge is 0.455 e. The molecule has 0 bridgehead atoms. The summed E-state index contributed by atoms with van der Waals surface area (Å²) >= 11 is 0. The molecule has 4 heterocycles. The summed E-state index contributed by atoms with van der Waals surface area (Å²) in [6.45, 7) is 0. The Labute approximate surface area is 361 Å². The van der Waals surface area contributed by atoms with Gasteiger partial charge in [0.2, 0.25) is 0 Å². The molecule has 0 spiro atoms. The second-order valence-electron chi connectivity index (χ2n) is 16.0. The summed E-state index contributed by atoms with van der Waals surface area (Å²) in [5, 5.41) is 6.83.